The highest BCUT2D eigenvalue weighted by Gasteiger charge is 2.06. The van der Waals surface area contributed by atoms with Crippen LogP contribution in [-0.4, -0.2) is 11.7 Å². The average molecular weight is 129 g/mol. The van der Waals surface area contributed by atoms with Crippen molar-refractivity contribution in [3.63, 3.8) is 0 Å². The van der Waals surface area contributed by atoms with Crippen molar-refractivity contribution in [1.29, 1.82) is 0 Å². The van der Waals surface area contributed by atoms with Crippen LogP contribution < -0.4 is 5.32 Å². The molecule has 2 nitrogen and oxygen atoms in total. The molecule has 0 aromatic rings. The van der Waals surface area contributed by atoms with Crippen molar-refractivity contribution < 1.29 is 9.50 Å². The van der Waals surface area contributed by atoms with Gasteiger partial charge in [0.2, 0.25) is 0 Å². The third-order valence-corrected chi connectivity index (χ3v) is 1.15. The minimum absolute atomic E-state index is 0.175. The van der Waals surface area contributed by atoms with Crippen LogP contribution in [0.3, 0.4) is 0 Å². The van der Waals surface area contributed by atoms with Gasteiger partial charge in [-0.25, -0.2) is 0 Å². The van der Waals surface area contributed by atoms with Gasteiger partial charge in [-0.05, 0) is 13.0 Å². The first kappa shape index (κ1) is 6.13. The Morgan fingerprint density at radius 3 is 2.89 bits per heavy atom. The largest absolute Gasteiger partial charge is 0.510 e. The SMILES string of the molecule is CC1=C(F)NCC(O)=C1. The number of dihydropyridines is 1. The van der Waals surface area contributed by atoms with E-state index in [0.717, 1.165) is 0 Å². The summed E-state index contributed by atoms with van der Waals surface area (Å²) in [5.74, 6) is -0.179. The van der Waals surface area contributed by atoms with Crippen LogP contribution in [0.2, 0.25) is 0 Å². The molecule has 0 aliphatic carbocycles. The fourth-order valence-electron chi connectivity index (χ4n) is 0.672. The van der Waals surface area contributed by atoms with Gasteiger partial charge < -0.3 is 10.4 Å². The van der Waals surface area contributed by atoms with E-state index in [1.54, 1.807) is 6.92 Å². The molecule has 0 amide bonds. The number of halogens is 1. The summed E-state index contributed by atoms with van der Waals surface area (Å²) in [4.78, 5) is 0. The molecule has 0 fully saturated rings. The van der Waals surface area contributed by atoms with Gasteiger partial charge in [-0.1, -0.05) is 0 Å². The molecule has 0 spiro atoms. The average Bonchev–Trinajstić information content (AvgIpc) is 1.80. The zero-order valence-electron chi connectivity index (χ0n) is 5.11. The third-order valence-electron chi connectivity index (χ3n) is 1.15. The summed E-state index contributed by atoms with van der Waals surface area (Å²) >= 11 is 0. The second-order valence-electron chi connectivity index (χ2n) is 1.99. The molecule has 0 atom stereocenters. The maximum atomic E-state index is 12.4. The highest BCUT2D eigenvalue weighted by atomic mass is 19.1. The zero-order chi connectivity index (χ0) is 6.85. The van der Waals surface area contributed by atoms with Gasteiger partial charge in [0.25, 0.3) is 0 Å². The van der Waals surface area contributed by atoms with Gasteiger partial charge in [-0.3, -0.25) is 0 Å². The summed E-state index contributed by atoms with van der Waals surface area (Å²) in [5.41, 5.74) is 0.443. The molecule has 3 heteroatoms. The van der Waals surface area contributed by atoms with Crippen LogP contribution in [-0.2, 0) is 0 Å². The van der Waals surface area contributed by atoms with Crippen LogP contribution in [0.5, 0.6) is 0 Å². The highest BCUT2D eigenvalue weighted by molar-refractivity contribution is 5.25. The number of rotatable bonds is 0. The van der Waals surface area contributed by atoms with Crippen LogP contribution in [0, 0.1) is 0 Å². The maximum absolute atomic E-state index is 12.4. The molecule has 2 N–H and O–H groups in total. The van der Waals surface area contributed by atoms with Crippen molar-refractivity contribution in [2.75, 3.05) is 6.54 Å². The van der Waals surface area contributed by atoms with E-state index < -0.39 is 0 Å². The van der Waals surface area contributed by atoms with Crippen molar-refractivity contribution in [2.24, 2.45) is 0 Å². The van der Waals surface area contributed by atoms with Gasteiger partial charge in [-0.15, -0.1) is 0 Å². The fraction of sp³-hybridized carbons (Fsp3) is 0.333. The summed E-state index contributed by atoms with van der Waals surface area (Å²) in [6.07, 6.45) is 1.41. The molecule has 0 saturated heterocycles. The van der Waals surface area contributed by atoms with E-state index in [-0.39, 0.29) is 18.3 Å². The standard InChI is InChI=1S/C6H8FNO/c1-4-2-5(9)3-8-6(4)7/h2,8-9H,3H2,1H3. The second-order valence-corrected chi connectivity index (χ2v) is 1.99. The lowest BCUT2D eigenvalue weighted by Crippen LogP contribution is -2.18. The van der Waals surface area contributed by atoms with E-state index in [0.29, 0.717) is 5.57 Å². The lowest BCUT2D eigenvalue weighted by atomic mass is 10.2. The summed E-state index contributed by atoms with van der Waals surface area (Å²) in [6.45, 7) is 1.79. The Hall–Kier alpha value is -0.990. The number of aliphatic hydroxyl groups excluding tert-OH is 1. The van der Waals surface area contributed by atoms with Crippen LogP contribution in [0.15, 0.2) is 23.4 Å². The minimum atomic E-state index is -0.354. The molecule has 9 heavy (non-hydrogen) atoms. The second kappa shape index (κ2) is 2.09. The van der Waals surface area contributed by atoms with Gasteiger partial charge >= 0.3 is 0 Å². The molecule has 0 unspecified atom stereocenters. The highest BCUT2D eigenvalue weighted by Crippen LogP contribution is 2.10. The van der Waals surface area contributed by atoms with Gasteiger partial charge in [-0.2, -0.15) is 4.39 Å². The van der Waals surface area contributed by atoms with Crippen LogP contribution >= 0.6 is 0 Å². The lowest BCUT2D eigenvalue weighted by molar-refractivity contribution is 0.377. The third kappa shape index (κ3) is 1.22. The number of nitrogens with one attached hydrogen (secondary N) is 1. The molecule has 50 valence electrons. The Morgan fingerprint density at radius 1 is 1.78 bits per heavy atom. The molecular weight excluding hydrogens is 121 g/mol. The minimum Gasteiger partial charge on any atom is -0.510 e. The Balaban J connectivity index is 2.83. The smallest absolute Gasteiger partial charge is 0.190 e. The van der Waals surface area contributed by atoms with Crippen LogP contribution in [0.25, 0.3) is 0 Å². The first-order valence-corrected chi connectivity index (χ1v) is 2.70. The molecule has 0 bridgehead atoms. The van der Waals surface area contributed by atoms with Crippen molar-refractivity contribution in [3.05, 3.63) is 23.4 Å². The Labute approximate surface area is 52.7 Å². The summed E-state index contributed by atoms with van der Waals surface area (Å²) in [5, 5.41) is 11.2. The molecule has 0 aromatic heterocycles. The molecule has 1 aliphatic heterocycles. The van der Waals surface area contributed by atoms with Crippen molar-refractivity contribution in [1.82, 2.24) is 5.32 Å². The number of aliphatic hydroxyl groups is 1. The van der Waals surface area contributed by atoms with E-state index in [4.69, 9.17) is 5.11 Å². The van der Waals surface area contributed by atoms with E-state index in [1.807, 2.05) is 0 Å². The maximum Gasteiger partial charge on any atom is 0.190 e. The van der Waals surface area contributed by atoms with E-state index >= 15 is 0 Å². The molecule has 0 radical (unpaired) electrons. The molecule has 1 aliphatic rings. The number of hydrogen-bond donors (Lipinski definition) is 2. The van der Waals surface area contributed by atoms with Crippen LogP contribution in [0.4, 0.5) is 4.39 Å². The number of allylic oxidation sites excluding steroid dienone is 2. The lowest BCUT2D eigenvalue weighted by Gasteiger charge is -2.09. The molecule has 0 saturated carbocycles. The van der Waals surface area contributed by atoms with Gasteiger partial charge in [0, 0.05) is 5.57 Å². The van der Waals surface area contributed by atoms with E-state index in [9.17, 15) is 4.39 Å². The topological polar surface area (TPSA) is 32.3 Å². The quantitative estimate of drug-likeness (QED) is 0.482. The van der Waals surface area contributed by atoms with E-state index in [2.05, 4.69) is 5.32 Å². The normalized spacial score (nSPS) is 19.1. The summed E-state index contributed by atoms with van der Waals surface area (Å²) < 4.78 is 12.4. The zero-order valence-corrected chi connectivity index (χ0v) is 5.11. The molecule has 1 heterocycles. The van der Waals surface area contributed by atoms with Crippen molar-refractivity contribution >= 4 is 0 Å². The Morgan fingerprint density at radius 2 is 2.44 bits per heavy atom. The van der Waals surface area contributed by atoms with Gasteiger partial charge in [0.15, 0.2) is 5.95 Å². The summed E-state index contributed by atoms with van der Waals surface area (Å²) in [6, 6.07) is 0. The first-order valence-electron chi connectivity index (χ1n) is 2.70. The first-order chi connectivity index (χ1) is 4.20. The van der Waals surface area contributed by atoms with E-state index in [1.165, 1.54) is 6.08 Å². The van der Waals surface area contributed by atoms with Crippen molar-refractivity contribution in [3.8, 4) is 0 Å². The molecule has 0 aromatic carbocycles. The van der Waals surface area contributed by atoms with Gasteiger partial charge in [0.05, 0.1) is 6.54 Å². The van der Waals surface area contributed by atoms with Crippen molar-refractivity contribution in [2.45, 2.75) is 6.92 Å². The Bertz CT molecular complexity index is 183. The predicted molar refractivity (Wildman–Crippen MR) is 32.5 cm³/mol. The molecule has 1 rings (SSSR count). The monoisotopic (exact) mass is 129 g/mol. The fourth-order valence-corrected chi connectivity index (χ4v) is 0.672. The molecular formula is C6H8FNO. The number of hydrogen-bond acceptors (Lipinski definition) is 2. The van der Waals surface area contributed by atoms with Crippen LogP contribution in [0.1, 0.15) is 6.92 Å². The Kier molecular flexibility index (Phi) is 1.42. The summed E-state index contributed by atoms with van der Waals surface area (Å²) in [7, 11) is 0. The van der Waals surface area contributed by atoms with Gasteiger partial charge in [0.1, 0.15) is 5.76 Å². The predicted octanol–water partition coefficient (Wildman–Crippen LogP) is 1.23.